The van der Waals surface area contributed by atoms with E-state index in [2.05, 4.69) is 17.5 Å². The lowest BCUT2D eigenvalue weighted by molar-refractivity contribution is 0.102. The number of nitrogens with one attached hydrogen (secondary N) is 1. The van der Waals surface area contributed by atoms with Gasteiger partial charge in [0.15, 0.2) is 15.6 Å². The largest absolute Gasteiger partial charge is 0.382 e. The van der Waals surface area contributed by atoms with E-state index in [0.29, 0.717) is 11.6 Å². The SMILES string of the molecule is O=C(CS(=O)(=O)c1ccccc1)c1ccc(NC2CC=CCCCCC2)cc1. The summed E-state index contributed by atoms with van der Waals surface area (Å²) in [5.74, 6) is -0.905. The lowest BCUT2D eigenvalue weighted by atomic mass is 10.1. The molecule has 1 N–H and O–H groups in total. The summed E-state index contributed by atoms with van der Waals surface area (Å²) >= 11 is 0. The second-order valence-corrected chi connectivity index (χ2v) is 9.25. The first kappa shape index (κ1) is 20.3. The second kappa shape index (κ2) is 9.69. The van der Waals surface area contributed by atoms with Gasteiger partial charge in [-0.1, -0.05) is 43.2 Å². The topological polar surface area (TPSA) is 63.2 Å². The van der Waals surface area contributed by atoms with Crippen molar-refractivity contribution in [2.45, 2.75) is 49.5 Å². The third kappa shape index (κ3) is 5.80. The van der Waals surface area contributed by atoms with Crippen LogP contribution in [0.5, 0.6) is 0 Å². The van der Waals surface area contributed by atoms with E-state index in [1.807, 2.05) is 12.1 Å². The Labute approximate surface area is 167 Å². The molecule has 1 aliphatic carbocycles. The molecule has 0 saturated heterocycles. The van der Waals surface area contributed by atoms with E-state index in [4.69, 9.17) is 0 Å². The number of sulfone groups is 1. The van der Waals surface area contributed by atoms with Crippen LogP contribution in [0.25, 0.3) is 0 Å². The van der Waals surface area contributed by atoms with Gasteiger partial charge < -0.3 is 5.32 Å². The van der Waals surface area contributed by atoms with Gasteiger partial charge in [-0.15, -0.1) is 0 Å². The zero-order valence-electron chi connectivity index (χ0n) is 16.0. The minimum absolute atomic E-state index is 0.176. The number of Topliss-reactive ketones (excluding diaryl/α,β-unsaturated/α-hetero) is 1. The van der Waals surface area contributed by atoms with Crippen molar-refractivity contribution in [3.63, 3.8) is 0 Å². The highest BCUT2D eigenvalue weighted by atomic mass is 32.2. The minimum Gasteiger partial charge on any atom is -0.382 e. The van der Waals surface area contributed by atoms with Gasteiger partial charge in [0.05, 0.1) is 4.90 Å². The Bertz CT molecular complexity index is 903. The van der Waals surface area contributed by atoms with Crippen LogP contribution in [0, 0.1) is 0 Å². The minimum atomic E-state index is -3.62. The molecule has 0 radical (unpaired) electrons. The molecule has 1 unspecified atom stereocenters. The molecule has 28 heavy (non-hydrogen) atoms. The number of carbonyl (C=O) groups is 1. The lowest BCUT2D eigenvalue weighted by Gasteiger charge is -2.18. The molecule has 0 aliphatic heterocycles. The lowest BCUT2D eigenvalue weighted by Crippen LogP contribution is -2.19. The van der Waals surface area contributed by atoms with Crippen LogP contribution in [0.2, 0.25) is 0 Å². The molecule has 2 aromatic rings. The molecule has 0 saturated carbocycles. The van der Waals surface area contributed by atoms with Crippen molar-refractivity contribution in [2.75, 3.05) is 11.1 Å². The molecule has 3 rings (SSSR count). The number of benzene rings is 2. The van der Waals surface area contributed by atoms with Crippen molar-refractivity contribution < 1.29 is 13.2 Å². The van der Waals surface area contributed by atoms with Crippen molar-refractivity contribution in [1.82, 2.24) is 0 Å². The van der Waals surface area contributed by atoms with Gasteiger partial charge in [-0.2, -0.15) is 0 Å². The highest BCUT2D eigenvalue weighted by molar-refractivity contribution is 7.92. The number of ketones is 1. The van der Waals surface area contributed by atoms with Crippen LogP contribution in [0.4, 0.5) is 5.69 Å². The van der Waals surface area contributed by atoms with Crippen molar-refractivity contribution >= 4 is 21.3 Å². The van der Waals surface area contributed by atoms with Crippen molar-refractivity contribution in [1.29, 1.82) is 0 Å². The smallest absolute Gasteiger partial charge is 0.185 e. The molecule has 5 heteroatoms. The van der Waals surface area contributed by atoms with Crippen LogP contribution >= 0.6 is 0 Å². The Morgan fingerprint density at radius 1 is 0.929 bits per heavy atom. The maximum Gasteiger partial charge on any atom is 0.185 e. The van der Waals surface area contributed by atoms with Crippen molar-refractivity contribution in [2.24, 2.45) is 0 Å². The number of hydrogen-bond donors (Lipinski definition) is 1. The average Bonchev–Trinajstić information content (AvgIpc) is 2.83. The average molecular weight is 398 g/mol. The Balaban J connectivity index is 1.62. The Morgan fingerprint density at radius 2 is 1.68 bits per heavy atom. The van der Waals surface area contributed by atoms with Gasteiger partial charge in [-0.05, 0) is 62.1 Å². The van der Waals surface area contributed by atoms with E-state index >= 15 is 0 Å². The first-order valence-corrected chi connectivity index (χ1v) is 11.5. The molecule has 4 nitrogen and oxygen atoms in total. The molecule has 1 aliphatic rings. The van der Waals surface area contributed by atoms with E-state index < -0.39 is 15.6 Å². The maximum atomic E-state index is 12.4. The van der Waals surface area contributed by atoms with Crippen molar-refractivity contribution in [3.8, 4) is 0 Å². The fourth-order valence-corrected chi connectivity index (χ4v) is 4.66. The fourth-order valence-electron chi connectivity index (χ4n) is 3.41. The quantitative estimate of drug-likeness (QED) is 0.548. The van der Waals surface area contributed by atoms with Crippen LogP contribution in [-0.2, 0) is 9.84 Å². The van der Waals surface area contributed by atoms with Crippen LogP contribution < -0.4 is 5.32 Å². The molecule has 0 bridgehead atoms. The van der Waals surface area contributed by atoms with Crippen LogP contribution in [0.15, 0.2) is 71.6 Å². The molecule has 0 aromatic heterocycles. The highest BCUT2D eigenvalue weighted by Crippen LogP contribution is 2.19. The Hall–Kier alpha value is -2.40. The van der Waals surface area contributed by atoms with Gasteiger partial charge in [-0.3, -0.25) is 4.79 Å². The normalized spacial score (nSPS) is 17.9. The zero-order chi connectivity index (χ0) is 19.8. The van der Waals surface area contributed by atoms with Crippen LogP contribution in [-0.4, -0.2) is 26.0 Å². The molecule has 2 aromatic carbocycles. The van der Waals surface area contributed by atoms with Crippen LogP contribution in [0.1, 0.15) is 48.9 Å². The van der Waals surface area contributed by atoms with E-state index in [1.165, 1.54) is 31.4 Å². The summed E-state index contributed by atoms with van der Waals surface area (Å²) < 4.78 is 24.8. The Kier molecular flexibility index (Phi) is 7.04. The van der Waals surface area contributed by atoms with Gasteiger partial charge in [0.2, 0.25) is 0 Å². The summed E-state index contributed by atoms with van der Waals surface area (Å²) in [7, 11) is -3.62. The molecule has 1 atom stereocenters. The molecule has 0 amide bonds. The predicted octanol–water partition coefficient (Wildman–Crippen LogP) is 5.03. The van der Waals surface area contributed by atoms with Gasteiger partial charge in [0, 0.05) is 17.3 Å². The first-order chi connectivity index (χ1) is 13.5. The Morgan fingerprint density at radius 3 is 2.43 bits per heavy atom. The number of allylic oxidation sites excluding steroid dienone is 1. The van der Waals surface area contributed by atoms with Crippen LogP contribution in [0.3, 0.4) is 0 Å². The van der Waals surface area contributed by atoms with Crippen molar-refractivity contribution in [3.05, 3.63) is 72.3 Å². The van der Waals surface area contributed by atoms with E-state index in [0.717, 1.165) is 24.9 Å². The molecule has 148 valence electrons. The molecule has 0 heterocycles. The van der Waals surface area contributed by atoms with E-state index in [-0.39, 0.29) is 10.7 Å². The summed E-state index contributed by atoms with van der Waals surface area (Å²) in [4.78, 5) is 12.6. The zero-order valence-corrected chi connectivity index (χ0v) is 16.8. The monoisotopic (exact) mass is 397 g/mol. The van der Waals surface area contributed by atoms with Gasteiger partial charge in [0.25, 0.3) is 0 Å². The number of anilines is 1. The highest BCUT2D eigenvalue weighted by Gasteiger charge is 2.20. The summed E-state index contributed by atoms with van der Waals surface area (Å²) in [6.45, 7) is 0. The third-order valence-electron chi connectivity index (χ3n) is 5.01. The summed E-state index contributed by atoms with van der Waals surface area (Å²) in [5, 5.41) is 3.54. The molecule has 0 fully saturated rings. The van der Waals surface area contributed by atoms with Gasteiger partial charge >= 0.3 is 0 Å². The molecule has 0 spiro atoms. The van der Waals surface area contributed by atoms with E-state index in [1.54, 1.807) is 30.3 Å². The predicted molar refractivity (Wildman–Crippen MR) is 114 cm³/mol. The molecular weight excluding hydrogens is 370 g/mol. The summed E-state index contributed by atoms with van der Waals surface area (Å²) in [6.07, 6.45) is 11.5. The van der Waals surface area contributed by atoms with E-state index in [9.17, 15) is 13.2 Å². The second-order valence-electron chi connectivity index (χ2n) is 7.26. The number of rotatable bonds is 6. The number of carbonyl (C=O) groups excluding carboxylic acids is 1. The third-order valence-corrected chi connectivity index (χ3v) is 6.64. The molecular formula is C23H27NO3S. The number of hydrogen-bond acceptors (Lipinski definition) is 4. The summed E-state index contributed by atoms with van der Waals surface area (Å²) in [6, 6.07) is 15.6. The first-order valence-electron chi connectivity index (χ1n) is 9.87. The van der Waals surface area contributed by atoms with Gasteiger partial charge in [-0.25, -0.2) is 8.42 Å². The van der Waals surface area contributed by atoms with Gasteiger partial charge in [0.1, 0.15) is 5.75 Å². The summed E-state index contributed by atoms with van der Waals surface area (Å²) in [5.41, 5.74) is 1.37. The fraction of sp³-hybridized carbons (Fsp3) is 0.348. The standard InChI is InChI=1S/C23H27NO3S/c25-23(18-28(26,27)22-12-8-5-9-13-22)19-14-16-21(17-15-19)24-20-10-6-3-1-2-4-7-11-20/h3,5-6,8-9,12-17,20,24H,1-2,4,7,10-11,18H2. The maximum absolute atomic E-state index is 12.4.